The predicted octanol–water partition coefficient (Wildman–Crippen LogP) is 2.34. The lowest BCUT2D eigenvalue weighted by Gasteiger charge is -1.90. The van der Waals surface area contributed by atoms with Crippen molar-refractivity contribution in [2.24, 2.45) is 0 Å². The Morgan fingerprint density at radius 3 is 2.92 bits per heavy atom. The van der Waals surface area contributed by atoms with Crippen LogP contribution in [0.3, 0.4) is 0 Å². The summed E-state index contributed by atoms with van der Waals surface area (Å²) in [5, 5.41) is 0.613. The van der Waals surface area contributed by atoms with Crippen LogP contribution in [-0.2, 0) is 4.79 Å². The molecule has 3 heteroatoms. The van der Waals surface area contributed by atoms with Gasteiger partial charge in [-0.25, -0.2) is 0 Å². The molecule has 0 aliphatic rings. The fraction of sp³-hybridized carbons (Fsp3) is 0.111. The fourth-order valence-electron chi connectivity index (χ4n) is 0.730. The van der Waals surface area contributed by atoms with Crippen LogP contribution in [0, 0.1) is 0 Å². The number of hydrogen-bond donors (Lipinski definition) is 0. The van der Waals surface area contributed by atoms with Gasteiger partial charge in [-0.2, -0.15) is 0 Å². The molecule has 1 aromatic heterocycles. The standard InChI is InChI=1S/C9H8ClNO/c10-8-4-5-9(11-7-8)3-1-2-6-12/h1,3-7H,2H2. The van der Waals surface area contributed by atoms with Gasteiger partial charge in [0.1, 0.15) is 6.29 Å². The predicted molar refractivity (Wildman–Crippen MR) is 49.0 cm³/mol. The van der Waals surface area contributed by atoms with Crippen LogP contribution in [0.5, 0.6) is 0 Å². The van der Waals surface area contributed by atoms with E-state index in [2.05, 4.69) is 4.98 Å². The second-order valence-corrected chi connectivity index (χ2v) is 2.64. The summed E-state index contributed by atoms with van der Waals surface area (Å²) in [5.74, 6) is 0. The maximum atomic E-state index is 9.96. The van der Waals surface area contributed by atoms with E-state index in [0.29, 0.717) is 11.4 Å². The molecule has 2 nitrogen and oxygen atoms in total. The third-order valence-corrected chi connectivity index (χ3v) is 1.49. The smallest absolute Gasteiger partial charge is 0.123 e. The lowest BCUT2D eigenvalue weighted by molar-refractivity contribution is -0.107. The lowest BCUT2D eigenvalue weighted by Crippen LogP contribution is -1.78. The van der Waals surface area contributed by atoms with E-state index in [0.717, 1.165) is 12.0 Å². The molecule has 0 unspecified atom stereocenters. The molecule has 0 atom stereocenters. The maximum Gasteiger partial charge on any atom is 0.123 e. The van der Waals surface area contributed by atoms with Crippen LogP contribution >= 0.6 is 11.6 Å². The zero-order chi connectivity index (χ0) is 8.81. The van der Waals surface area contributed by atoms with Gasteiger partial charge in [-0.1, -0.05) is 17.7 Å². The quantitative estimate of drug-likeness (QED) is 0.670. The highest BCUT2D eigenvalue weighted by molar-refractivity contribution is 6.30. The molecule has 1 rings (SSSR count). The minimum atomic E-state index is 0.421. The summed E-state index contributed by atoms with van der Waals surface area (Å²) in [6.07, 6.45) is 6.37. The molecule has 1 heterocycles. The third-order valence-electron chi connectivity index (χ3n) is 1.27. The van der Waals surface area contributed by atoms with Crippen molar-refractivity contribution in [2.45, 2.75) is 6.42 Å². The van der Waals surface area contributed by atoms with E-state index in [9.17, 15) is 4.79 Å². The van der Waals surface area contributed by atoms with E-state index in [1.165, 1.54) is 0 Å². The Hall–Kier alpha value is -1.15. The zero-order valence-corrected chi connectivity index (χ0v) is 7.16. The van der Waals surface area contributed by atoms with Crippen molar-refractivity contribution in [3.05, 3.63) is 35.1 Å². The number of halogens is 1. The first-order valence-electron chi connectivity index (χ1n) is 3.54. The van der Waals surface area contributed by atoms with Crippen LogP contribution < -0.4 is 0 Å². The van der Waals surface area contributed by atoms with Gasteiger partial charge in [0.05, 0.1) is 10.7 Å². The van der Waals surface area contributed by atoms with Crippen LogP contribution in [0.15, 0.2) is 24.4 Å². The van der Waals surface area contributed by atoms with E-state index in [1.807, 2.05) is 0 Å². The molecule has 0 aromatic carbocycles. The Morgan fingerprint density at radius 1 is 1.50 bits per heavy atom. The van der Waals surface area contributed by atoms with Crippen molar-refractivity contribution >= 4 is 24.0 Å². The summed E-state index contributed by atoms with van der Waals surface area (Å²) in [4.78, 5) is 14.0. The van der Waals surface area contributed by atoms with Crippen LogP contribution in [0.1, 0.15) is 12.1 Å². The van der Waals surface area contributed by atoms with E-state index in [4.69, 9.17) is 11.6 Å². The van der Waals surface area contributed by atoms with Crippen LogP contribution in [0.25, 0.3) is 6.08 Å². The highest BCUT2D eigenvalue weighted by atomic mass is 35.5. The van der Waals surface area contributed by atoms with Crippen molar-refractivity contribution in [1.29, 1.82) is 0 Å². The minimum Gasteiger partial charge on any atom is -0.303 e. The van der Waals surface area contributed by atoms with E-state index >= 15 is 0 Å². The molecule has 0 radical (unpaired) electrons. The maximum absolute atomic E-state index is 9.96. The lowest BCUT2D eigenvalue weighted by atomic mass is 10.3. The zero-order valence-electron chi connectivity index (χ0n) is 6.40. The number of pyridine rings is 1. The summed E-state index contributed by atoms with van der Waals surface area (Å²) in [6.45, 7) is 0. The van der Waals surface area contributed by atoms with Gasteiger partial charge in [0.25, 0.3) is 0 Å². The molecule has 0 spiro atoms. The average Bonchev–Trinajstić information content (AvgIpc) is 2.09. The van der Waals surface area contributed by atoms with Crippen molar-refractivity contribution in [1.82, 2.24) is 4.98 Å². The van der Waals surface area contributed by atoms with Crippen molar-refractivity contribution in [3.8, 4) is 0 Å². The van der Waals surface area contributed by atoms with Crippen molar-refractivity contribution < 1.29 is 4.79 Å². The Labute approximate surface area is 75.9 Å². The van der Waals surface area contributed by atoms with E-state index < -0.39 is 0 Å². The molecule has 0 saturated heterocycles. The van der Waals surface area contributed by atoms with Gasteiger partial charge in [-0.15, -0.1) is 0 Å². The molecular formula is C9H8ClNO. The number of aromatic nitrogens is 1. The number of rotatable bonds is 3. The van der Waals surface area contributed by atoms with Crippen molar-refractivity contribution in [3.63, 3.8) is 0 Å². The minimum absolute atomic E-state index is 0.421. The van der Waals surface area contributed by atoms with Gasteiger partial charge in [0.2, 0.25) is 0 Å². The Morgan fingerprint density at radius 2 is 2.33 bits per heavy atom. The molecule has 0 N–H and O–H groups in total. The van der Waals surface area contributed by atoms with Gasteiger partial charge in [-0.05, 0) is 18.2 Å². The Bertz CT molecular complexity index is 279. The highest BCUT2D eigenvalue weighted by Gasteiger charge is 1.87. The average molecular weight is 182 g/mol. The molecule has 12 heavy (non-hydrogen) atoms. The number of allylic oxidation sites excluding steroid dienone is 1. The van der Waals surface area contributed by atoms with Gasteiger partial charge in [0, 0.05) is 12.6 Å². The SMILES string of the molecule is O=CCC=Cc1ccc(Cl)cn1. The number of carbonyl (C=O) groups is 1. The molecule has 1 aromatic rings. The first-order valence-corrected chi connectivity index (χ1v) is 3.92. The summed E-state index contributed by atoms with van der Waals surface area (Å²) in [5.41, 5.74) is 0.807. The number of nitrogens with zero attached hydrogens (tertiary/aromatic N) is 1. The molecule has 0 saturated carbocycles. The second-order valence-electron chi connectivity index (χ2n) is 2.21. The van der Waals surface area contributed by atoms with Gasteiger partial charge in [-0.3, -0.25) is 4.98 Å². The Kier molecular flexibility index (Phi) is 3.48. The molecule has 0 bridgehead atoms. The van der Waals surface area contributed by atoms with Crippen LogP contribution in [-0.4, -0.2) is 11.3 Å². The molecular weight excluding hydrogens is 174 g/mol. The van der Waals surface area contributed by atoms with E-state index in [1.54, 1.807) is 30.5 Å². The fourth-order valence-corrected chi connectivity index (χ4v) is 0.842. The van der Waals surface area contributed by atoms with Crippen LogP contribution in [0.2, 0.25) is 5.02 Å². The molecule has 62 valence electrons. The van der Waals surface area contributed by atoms with Gasteiger partial charge < -0.3 is 4.79 Å². The molecule has 0 amide bonds. The van der Waals surface area contributed by atoms with Gasteiger partial charge in [0.15, 0.2) is 0 Å². The first-order chi connectivity index (χ1) is 5.83. The second kappa shape index (κ2) is 4.67. The first kappa shape index (κ1) is 8.94. The number of carbonyl (C=O) groups excluding carboxylic acids is 1. The summed E-state index contributed by atoms with van der Waals surface area (Å²) in [6, 6.07) is 3.55. The summed E-state index contributed by atoms with van der Waals surface area (Å²) < 4.78 is 0. The van der Waals surface area contributed by atoms with Crippen LogP contribution in [0.4, 0.5) is 0 Å². The Balaban J connectivity index is 2.64. The summed E-state index contributed by atoms with van der Waals surface area (Å²) in [7, 11) is 0. The molecule has 0 aliphatic heterocycles. The highest BCUT2D eigenvalue weighted by Crippen LogP contribution is 2.06. The van der Waals surface area contributed by atoms with E-state index in [-0.39, 0.29) is 0 Å². The van der Waals surface area contributed by atoms with Gasteiger partial charge >= 0.3 is 0 Å². The largest absolute Gasteiger partial charge is 0.303 e. The molecule has 0 fully saturated rings. The third kappa shape index (κ3) is 2.84. The topological polar surface area (TPSA) is 30.0 Å². The van der Waals surface area contributed by atoms with Crippen molar-refractivity contribution in [2.75, 3.05) is 0 Å². The monoisotopic (exact) mass is 181 g/mol. The molecule has 0 aliphatic carbocycles. The summed E-state index contributed by atoms with van der Waals surface area (Å²) >= 11 is 5.63. The normalized spacial score (nSPS) is 10.4. The number of aldehydes is 1. The number of hydrogen-bond acceptors (Lipinski definition) is 2.